The average Bonchev–Trinajstić information content (AvgIpc) is 3.44. The quantitative estimate of drug-likeness (QED) is 0.406. The summed E-state index contributed by atoms with van der Waals surface area (Å²) in [7, 11) is -3.20. The van der Waals surface area contributed by atoms with E-state index in [-0.39, 0.29) is 19.1 Å². The molecule has 0 bridgehead atoms. The molecule has 5 nitrogen and oxygen atoms in total. The molecule has 0 unspecified atom stereocenters. The second-order valence-corrected chi connectivity index (χ2v) is 11.3. The normalized spacial score (nSPS) is 20.0. The highest BCUT2D eigenvalue weighted by atomic mass is 32.2. The predicted octanol–water partition coefficient (Wildman–Crippen LogP) is 5.66. The van der Waals surface area contributed by atoms with Crippen LogP contribution in [0, 0.1) is 0 Å². The van der Waals surface area contributed by atoms with Crippen molar-refractivity contribution >= 4 is 38.0 Å². The standard InChI is InChI=1S/C24H22N2O3S2.CH4/c25-24(27)19-12-17(21-7-4-9-30-21)11-18-20(14-26-23(18)19)16-8-10-31(28,29)22(13-16)15-5-2-1-3-6-15;/h1-7,9,11-12,14,16,22,26H,8,10,13H2,(H2,25,27);1H4/t16-,22+;/m0./s1. The molecule has 0 radical (unpaired) electrons. The van der Waals surface area contributed by atoms with E-state index in [9.17, 15) is 13.2 Å². The molecule has 2 aromatic carbocycles. The first kappa shape index (κ1) is 22.3. The zero-order valence-electron chi connectivity index (χ0n) is 16.7. The summed E-state index contributed by atoms with van der Waals surface area (Å²) in [4.78, 5) is 16.5. The Balaban J connectivity index is 0.00000245. The van der Waals surface area contributed by atoms with Gasteiger partial charge in [-0.25, -0.2) is 8.42 Å². The van der Waals surface area contributed by atoms with Crippen molar-refractivity contribution in [3.63, 3.8) is 0 Å². The first-order valence-corrected chi connectivity index (χ1v) is 12.8. The first-order chi connectivity index (χ1) is 14.9. The molecular weight excluding hydrogens is 440 g/mol. The fraction of sp³-hybridized carbons (Fsp3) is 0.240. The molecule has 166 valence electrons. The average molecular weight is 467 g/mol. The van der Waals surface area contributed by atoms with Crippen LogP contribution in [0.25, 0.3) is 21.3 Å². The van der Waals surface area contributed by atoms with Gasteiger partial charge in [0.2, 0.25) is 0 Å². The molecule has 3 heterocycles. The lowest BCUT2D eigenvalue weighted by Gasteiger charge is -2.29. The van der Waals surface area contributed by atoms with Gasteiger partial charge < -0.3 is 10.7 Å². The van der Waals surface area contributed by atoms with E-state index < -0.39 is 21.0 Å². The molecule has 7 heteroatoms. The summed E-state index contributed by atoms with van der Waals surface area (Å²) in [5.41, 5.74) is 9.69. The molecule has 0 aliphatic carbocycles. The number of H-pyrrole nitrogens is 1. The van der Waals surface area contributed by atoms with E-state index in [0.29, 0.717) is 23.9 Å². The van der Waals surface area contributed by atoms with Crippen molar-refractivity contribution in [1.29, 1.82) is 0 Å². The zero-order valence-corrected chi connectivity index (χ0v) is 18.4. The number of aromatic nitrogens is 1. The summed E-state index contributed by atoms with van der Waals surface area (Å²) in [6.07, 6.45) is 3.00. The zero-order chi connectivity index (χ0) is 21.6. The van der Waals surface area contributed by atoms with Crippen molar-refractivity contribution in [1.82, 2.24) is 4.98 Å². The van der Waals surface area contributed by atoms with Crippen LogP contribution in [0.1, 0.15) is 52.9 Å². The van der Waals surface area contributed by atoms with Crippen LogP contribution in [-0.2, 0) is 9.84 Å². The van der Waals surface area contributed by atoms with E-state index >= 15 is 0 Å². The summed E-state index contributed by atoms with van der Waals surface area (Å²) in [6.45, 7) is 0. The molecular formula is C25H26N2O3S2. The lowest BCUT2D eigenvalue weighted by molar-refractivity contribution is 0.100. The van der Waals surface area contributed by atoms with Crippen LogP contribution in [0.4, 0.5) is 0 Å². The summed E-state index contributed by atoms with van der Waals surface area (Å²) in [5, 5.41) is 2.42. The number of carbonyl (C=O) groups is 1. The lowest BCUT2D eigenvalue weighted by atomic mass is 9.88. The number of primary amides is 1. The Labute approximate surface area is 192 Å². The van der Waals surface area contributed by atoms with Gasteiger partial charge in [-0.2, -0.15) is 0 Å². The monoisotopic (exact) mass is 466 g/mol. The Bertz CT molecular complexity index is 1360. The number of aromatic amines is 1. The number of hydrogen-bond acceptors (Lipinski definition) is 4. The van der Waals surface area contributed by atoms with Crippen molar-refractivity contribution in [2.24, 2.45) is 5.73 Å². The summed E-state index contributed by atoms with van der Waals surface area (Å²) in [5.74, 6) is -0.260. The Kier molecular flexibility index (Phi) is 5.97. The lowest BCUT2D eigenvalue weighted by Crippen LogP contribution is -2.26. The third-order valence-corrected chi connectivity index (χ3v) is 9.24. The number of fused-ring (bicyclic) bond motifs is 1. The topological polar surface area (TPSA) is 93.0 Å². The van der Waals surface area contributed by atoms with E-state index in [1.165, 1.54) is 0 Å². The number of thiophene rings is 1. The molecule has 1 aliphatic heterocycles. The summed E-state index contributed by atoms with van der Waals surface area (Å²) in [6, 6.07) is 17.3. The number of rotatable bonds is 4. The minimum Gasteiger partial charge on any atom is -0.366 e. The molecule has 1 amide bonds. The van der Waals surface area contributed by atoms with Gasteiger partial charge in [-0.1, -0.05) is 43.8 Å². The van der Waals surface area contributed by atoms with Crippen LogP contribution in [0.5, 0.6) is 0 Å². The Morgan fingerprint density at radius 1 is 1.09 bits per heavy atom. The predicted molar refractivity (Wildman–Crippen MR) is 132 cm³/mol. The summed E-state index contributed by atoms with van der Waals surface area (Å²) >= 11 is 1.60. The van der Waals surface area contributed by atoms with E-state index in [4.69, 9.17) is 5.73 Å². The molecule has 0 saturated carbocycles. The number of benzene rings is 2. The summed E-state index contributed by atoms with van der Waals surface area (Å²) < 4.78 is 25.7. The third kappa shape index (κ3) is 3.87. The van der Waals surface area contributed by atoms with Crippen molar-refractivity contribution < 1.29 is 13.2 Å². The van der Waals surface area contributed by atoms with Gasteiger partial charge in [-0.3, -0.25) is 4.79 Å². The second kappa shape index (κ2) is 8.56. The molecule has 1 aliphatic rings. The number of nitrogens with one attached hydrogen (secondary N) is 1. The van der Waals surface area contributed by atoms with E-state index in [2.05, 4.69) is 11.1 Å². The van der Waals surface area contributed by atoms with Gasteiger partial charge in [-0.15, -0.1) is 11.3 Å². The van der Waals surface area contributed by atoms with Gasteiger partial charge in [-0.05, 0) is 59.0 Å². The highest BCUT2D eigenvalue weighted by Gasteiger charge is 2.36. The molecule has 32 heavy (non-hydrogen) atoms. The van der Waals surface area contributed by atoms with E-state index in [1.54, 1.807) is 11.3 Å². The van der Waals surface area contributed by atoms with Gasteiger partial charge in [0.1, 0.15) is 0 Å². The van der Waals surface area contributed by atoms with E-state index in [1.807, 2.05) is 60.1 Å². The number of carbonyl (C=O) groups excluding carboxylic acids is 1. The van der Waals surface area contributed by atoms with Gasteiger partial charge in [0.05, 0.1) is 22.1 Å². The van der Waals surface area contributed by atoms with Crippen LogP contribution in [-0.4, -0.2) is 25.1 Å². The number of amides is 1. The number of sulfone groups is 1. The van der Waals surface area contributed by atoms with Crippen LogP contribution >= 0.6 is 11.3 Å². The van der Waals surface area contributed by atoms with Gasteiger partial charge in [0.25, 0.3) is 5.91 Å². The largest absolute Gasteiger partial charge is 0.366 e. The Morgan fingerprint density at radius 2 is 1.88 bits per heavy atom. The Hall–Kier alpha value is -2.90. The van der Waals surface area contributed by atoms with Gasteiger partial charge in [0, 0.05) is 16.5 Å². The first-order valence-electron chi connectivity index (χ1n) is 10.2. The second-order valence-electron chi connectivity index (χ2n) is 8.02. The van der Waals surface area contributed by atoms with Crippen molar-refractivity contribution in [3.05, 3.63) is 82.9 Å². The number of hydrogen-bond donors (Lipinski definition) is 2. The fourth-order valence-electron chi connectivity index (χ4n) is 4.64. The fourth-order valence-corrected chi connectivity index (χ4v) is 7.35. The smallest absolute Gasteiger partial charge is 0.250 e. The molecule has 1 saturated heterocycles. The highest BCUT2D eigenvalue weighted by molar-refractivity contribution is 7.91. The molecule has 2 atom stereocenters. The van der Waals surface area contributed by atoms with Crippen LogP contribution in [0.3, 0.4) is 0 Å². The third-order valence-electron chi connectivity index (χ3n) is 6.19. The van der Waals surface area contributed by atoms with Crippen LogP contribution in [0.2, 0.25) is 0 Å². The Morgan fingerprint density at radius 3 is 2.56 bits per heavy atom. The van der Waals surface area contributed by atoms with Crippen LogP contribution < -0.4 is 5.73 Å². The molecule has 0 spiro atoms. The molecule has 1 fully saturated rings. The highest BCUT2D eigenvalue weighted by Crippen LogP contribution is 2.44. The van der Waals surface area contributed by atoms with E-state index in [0.717, 1.165) is 27.0 Å². The number of nitrogens with two attached hydrogens (primary N) is 1. The van der Waals surface area contributed by atoms with Crippen molar-refractivity contribution in [3.8, 4) is 10.4 Å². The minimum atomic E-state index is -3.20. The molecule has 2 aromatic heterocycles. The molecule has 5 rings (SSSR count). The molecule has 3 N–H and O–H groups in total. The van der Waals surface area contributed by atoms with Gasteiger partial charge >= 0.3 is 0 Å². The maximum Gasteiger partial charge on any atom is 0.250 e. The molecule has 4 aromatic rings. The maximum absolute atomic E-state index is 12.8. The van der Waals surface area contributed by atoms with Crippen molar-refractivity contribution in [2.45, 2.75) is 31.4 Å². The van der Waals surface area contributed by atoms with Gasteiger partial charge in [0.15, 0.2) is 9.84 Å². The van der Waals surface area contributed by atoms with Crippen LogP contribution in [0.15, 0.2) is 66.2 Å². The SMILES string of the molecule is C.NC(=O)c1cc(-c2cccs2)cc2c([C@H]3CCS(=O)(=O)[C@@H](c4ccccc4)C3)c[nH]c12. The minimum absolute atomic E-state index is 0. The van der Waals surface area contributed by atoms with Crippen molar-refractivity contribution in [2.75, 3.05) is 5.75 Å². The maximum atomic E-state index is 12.8.